The molecule has 1 aliphatic heterocycles. The molecule has 2 rings (SSSR count). The van der Waals surface area contributed by atoms with Crippen LogP contribution in [-0.4, -0.2) is 25.4 Å². The lowest BCUT2D eigenvalue weighted by Crippen LogP contribution is -2.29. The van der Waals surface area contributed by atoms with Gasteiger partial charge in [-0.1, -0.05) is 29.8 Å². The first-order valence-corrected chi connectivity index (χ1v) is 7.70. The third-order valence-corrected chi connectivity index (χ3v) is 3.63. The largest absolute Gasteiger partial charge is 0.488 e. The van der Waals surface area contributed by atoms with Crippen molar-refractivity contribution in [3.05, 3.63) is 28.2 Å². The molecule has 1 aromatic rings. The lowest BCUT2D eigenvalue weighted by Gasteiger charge is -2.25. The molecule has 0 amide bonds. The monoisotopic (exact) mass is 327 g/mol. The van der Waals surface area contributed by atoms with E-state index in [2.05, 4.69) is 41.2 Å². The Morgan fingerprint density at radius 3 is 3.00 bits per heavy atom. The predicted octanol–water partition coefficient (Wildman–Crippen LogP) is 3.50. The van der Waals surface area contributed by atoms with Crippen LogP contribution in [0.2, 0.25) is 0 Å². The Labute approximate surface area is 123 Å². The molecule has 0 aromatic heterocycles. The van der Waals surface area contributed by atoms with E-state index < -0.39 is 0 Å². The molecule has 1 N–H and O–H groups in total. The van der Waals surface area contributed by atoms with Gasteiger partial charge >= 0.3 is 0 Å². The molecule has 0 radical (unpaired) electrons. The van der Waals surface area contributed by atoms with Crippen LogP contribution in [0.15, 0.2) is 22.7 Å². The molecule has 0 aliphatic carbocycles. The first-order chi connectivity index (χ1) is 9.15. The van der Waals surface area contributed by atoms with Crippen molar-refractivity contribution in [3.63, 3.8) is 0 Å². The summed E-state index contributed by atoms with van der Waals surface area (Å²) in [5.74, 6) is 0.965. The van der Waals surface area contributed by atoms with Gasteiger partial charge in [0.05, 0.1) is 6.61 Å². The van der Waals surface area contributed by atoms with E-state index in [4.69, 9.17) is 9.47 Å². The lowest BCUT2D eigenvalue weighted by atomic mass is 10.1. The Balaban J connectivity index is 2.04. The Morgan fingerprint density at radius 2 is 2.32 bits per heavy atom. The Hall–Kier alpha value is -0.580. The smallest absolute Gasteiger partial charge is 0.124 e. The zero-order chi connectivity index (χ0) is 13.7. The van der Waals surface area contributed by atoms with Crippen LogP contribution >= 0.6 is 15.9 Å². The molecule has 1 unspecified atom stereocenters. The summed E-state index contributed by atoms with van der Waals surface area (Å²) in [7, 11) is 0. The van der Waals surface area contributed by atoms with Gasteiger partial charge in [-0.15, -0.1) is 0 Å². The van der Waals surface area contributed by atoms with E-state index in [1.807, 2.05) is 12.1 Å². The number of hydrogen-bond acceptors (Lipinski definition) is 3. The highest BCUT2D eigenvalue weighted by molar-refractivity contribution is 9.10. The highest BCUT2D eigenvalue weighted by atomic mass is 79.9. The summed E-state index contributed by atoms with van der Waals surface area (Å²) in [5.41, 5.74) is 1.19. The van der Waals surface area contributed by atoms with Crippen molar-refractivity contribution in [1.82, 2.24) is 5.32 Å². The molecule has 4 heteroatoms. The third kappa shape index (κ3) is 4.79. The molecule has 1 heterocycles. The summed E-state index contributed by atoms with van der Waals surface area (Å²) < 4.78 is 12.6. The van der Waals surface area contributed by atoms with Gasteiger partial charge < -0.3 is 14.8 Å². The number of halogens is 1. The maximum atomic E-state index is 6.09. The minimum atomic E-state index is 0.188. The van der Waals surface area contributed by atoms with Gasteiger partial charge in [-0.3, -0.25) is 0 Å². The Bertz CT molecular complexity index is 403. The molecule has 106 valence electrons. The highest BCUT2D eigenvalue weighted by Crippen LogP contribution is 2.25. The maximum Gasteiger partial charge on any atom is 0.124 e. The summed E-state index contributed by atoms with van der Waals surface area (Å²) in [5, 5.41) is 3.43. The van der Waals surface area contributed by atoms with Crippen LogP contribution in [-0.2, 0) is 11.3 Å². The van der Waals surface area contributed by atoms with Crippen LogP contribution in [0.4, 0.5) is 0 Å². The molecule has 3 nitrogen and oxygen atoms in total. The van der Waals surface area contributed by atoms with Gasteiger partial charge in [-0.05, 0) is 31.0 Å². The third-order valence-electron chi connectivity index (χ3n) is 3.14. The summed E-state index contributed by atoms with van der Waals surface area (Å²) in [6.45, 7) is 6.68. The van der Waals surface area contributed by atoms with Crippen molar-refractivity contribution in [3.8, 4) is 5.75 Å². The number of benzene rings is 1. The molecule has 0 spiro atoms. The summed E-state index contributed by atoms with van der Waals surface area (Å²) >= 11 is 3.52. The average molecular weight is 328 g/mol. The van der Waals surface area contributed by atoms with Crippen LogP contribution in [0.25, 0.3) is 0 Å². The molecule has 19 heavy (non-hydrogen) atoms. The Kier molecular flexibility index (Phi) is 5.67. The number of ether oxygens (including phenoxy) is 2. The van der Waals surface area contributed by atoms with E-state index in [0.717, 1.165) is 36.2 Å². The van der Waals surface area contributed by atoms with Gasteiger partial charge in [-0.25, -0.2) is 0 Å². The van der Waals surface area contributed by atoms with E-state index >= 15 is 0 Å². The van der Waals surface area contributed by atoms with E-state index in [9.17, 15) is 0 Å². The molecule has 0 saturated carbocycles. The molecule has 1 aromatic carbocycles. The van der Waals surface area contributed by atoms with Gasteiger partial charge in [0.25, 0.3) is 0 Å². The van der Waals surface area contributed by atoms with E-state index in [0.29, 0.717) is 12.6 Å². The van der Waals surface area contributed by atoms with Gasteiger partial charge in [-0.2, -0.15) is 0 Å². The van der Waals surface area contributed by atoms with Crippen molar-refractivity contribution in [2.24, 2.45) is 0 Å². The normalized spacial score (nSPS) is 19.7. The average Bonchev–Trinajstić information content (AvgIpc) is 2.40. The molecule has 1 fully saturated rings. The van der Waals surface area contributed by atoms with Crippen molar-refractivity contribution < 1.29 is 9.47 Å². The van der Waals surface area contributed by atoms with Crippen molar-refractivity contribution in [2.75, 3.05) is 13.2 Å². The van der Waals surface area contributed by atoms with E-state index in [1.54, 1.807) is 0 Å². The van der Waals surface area contributed by atoms with Crippen molar-refractivity contribution >= 4 is 15.9 Å². The topological polar surface area (TPSA) is 30.5 Å². The SMILES string of the molecule is CC(C)NCc1cc(Br)ccc1OC1CCCOC1. The molecular weight excluding hydrogens is 306 g/mol. The molecule has 1 aliphatic rings. The van der Waals surface area contributed by atoms with Gasteiger partial charge in [0.2, 0.25) is 0 Å². The van der Waals surface area contributed by atoms with Gasteiger partial charge in [0.1, 0.15) is 11.9 Å². The fourth-order valence-corrected chi connectivity index (χ4v) is 2.51. The van der Waals surface area contributed by atoms with Crippen LogP contribution in [0.1, 0.15) is 32.3 Å². The lowest BCUT2D eigenvalue weighted by molar-refractivity contribution is 0.00699. The van der Waals surface area contributed by atoms with Crippen LogP contribution in [0, 0.1) is 0 Å². The zero-order valence-corrected chi connectivity index (χ0v) is 13.2. The van der Waals surface area contributed by atoms with Gasteiger partial charge in [0, 0.05) is 29.2 Å². The van der Waals surface area contributed by atoms with Crippen LogP contribution < -0.4 is 10.1 Å². The fourth-order valence-electron chi connectivity index (χ4n) is 2.10. The predicted molar refractivity (Wildman–Crippen MR) is 80.6 cm³/mol. The number of rotatable bonds is 5. The molecule has 1 saturated heterocycles. The second-order valence-corrected chi connectivity index (χ2v) is 6.16. The minimum absolute atomic E-state index is 0.188. The quantitative estimate of drug-likeness (QED) is 0.897. The standard InChI is InChI=1S/C15H22BrNO2/c1-11(2)17-9-12-8-13(16)5-6-15(12)19-14-4-3-7-18-10-14/h5-6,8,11,14,17H,3-4,7,9-10H2,1-2H3. The zero-order valence-electron chi connectivity index (χ0n) is 11.6. The number of hydrogen-bond donors (Lipinski definition) is 1. The van der Waals surface area contributed by atoms with E-state index in [1.165, 1.54) is 5.56 Å². The summed E-state index contributed by atoms with van der Waals surface area (Å²) in [6, 6.07) is 6.65. The maximum absolute atomic E-state index is 6.09. The van der Waals surface area contributed by atoms with Crippen LogP contribution in [0.3, 0.4) is 0 Å². The second kappa shape index (κ2) is 7.27. The summed E-state index contributed by atoms with van der Waals surface area (Å²) in [6.07, 6.45) is 2.35. The van der Waals surface area contributed by atoms with Gasteiger partial charge in [0.15, 0.2) is 0 Å². The minimum Gasteiger partial charge on any atom is -0.488 e. The first kappa shape index (κ1) is 14.8. The first-order valence-electron chi connectivity index (χ1n) is 6.91. The van der Waals surface area contributed by atoms with Crippen molar-refractivity contribution in [1.29, 1.82) is 0 Å². The number of nitrogens with one attached hydrogen (secondary N) is 1. The van der Waals surface area contributed by atoms with Crippen LogP contribution in [0.5, 0.6) is 5.75 Å². The molecule has 1 atom stereocenters. The summed E-state index contributed by atoms with van der Waals surface area (Å²) in [4.78, 5) is 0. The fraction of sp³-hybridized carbons (Fsp3) is 0.600. The molecule has 0 bridgehead atoms. The molecular formula is C15H22BrNO2. The highest BCUT2D eigenvalue weighted by Gasteiger charge is 2.17. The van der Waals surface area contributed by atoms with Crippen molar-refractivity contribution in [2.45, 2.75) is 45.4 Å². The second-order valence-electron chi connectivity index (χ2n) is 5.24. The van der Waals surface area contributed by atoms with E-state index in [-0.39, 0.29) is 6.10 Å². The Morgan fingerprint density at radius 1 is 1.47 bits per heavy atom.